The molecule has 0 radical (unpaired) electrons. The lowest BCUT2D eigenvalue weighted by Gasteiger charge is -2.25. The van der Waals surface area contributed by atoms with Crippen LogP contribution in [0, 0.1) is 6.92 Å². The van der Waals surface area contributed by atoms with E-state index in [1.807, 2.05) is 13.0 Å². The van der Waals surface area contributed by atoms with Gasteiger partial charge < -0.3 is 15.7 Å². The molecule has 5 aromatic rings. The highest BCUT2D eigenvalue weighted by Crippen LogP contribution is 2.31. The summed E-state index contributed by atoms with van der Waals surface area (Å²) in [5, 5.41) is 1.17. The maximum absolute atomic E-state index is 6.04. The van der Waals surface area contributed by atoms with Crippen molar-refractivity contribution in [2.24, 2.45) is 0 Å². The highest BCUT2D eigenvalue weighted by molar-refractivity contribution is 5.95. The first-order valence-corrected chi connectivity index (χ1v) is 10.5. The summed E-state index contributed by atoms with van der Waals surface area (Å²) in [5.74, 6) is 1.29. The van der Waals surface area contributed by atoms with Gasteiger partial charge in [0, 0.05) is 34.7 Å². The number of fused-ring (bicyclic) bond motifs is 2. The van der Waals surface area contributed by atoms with Crippen LogP contribution in [0.1, 0.15) is 29.9 Å². The van der Waals surface area contributed by atoms with Gasteiger partial charge in [0.2, 0.25) is 0 Å². The van der Waals surface area contributed by atoms with E-state index in [4.69, 9.17) is 5.73 Å². The van der Waals surface area contributed by atoms with Crippen LogP contribution in [-0.4, -0.2) is 31.9 Å². The highest BCUT2D eigenvalue weighted by Gasteiger charge is 2.14. The van der Waals surface area contributed by atoms with Gasteiger partial charge in [-0.05, 0) is 56.3 Å². The Morgan fingerprint density at radius 1 is 1.00 bits per heavy atom. The fourth-order valence-electron chi connectivity index (χ4n) is 4.17. The molecular formula is C25H26N6. The average molecular weight is 411 g/mol. The first-order valence-electron chi connectivity index (χ1n) is 10.5. The zero-order valence-corrected chi connectivity index (χ0v) is 18.0. The van der Waals surface area contributed by atoms with Gasteiger partial charge in [-0.3, -0.25) is 4.90 Å². The molecule has 2 aromatic carbocycles. The number of aryl methyl sites for hydroxylation is 1. The number of nitrogens with one attached hydrogen (secondary N) is 2. The number of benzene rings is 2. The molecule has 156 valence electrons. The summed E-state index contributed by atoms with van der Waals surface area (Å²) in [6.07, 6.45) is 0. The Morgan fingerprint density at radius 2 is 1.81 bits per heavy atom. The molecule has 6 heteroatoms. The number of nitrogens with zero attached hydrogens (tertiary/aromatic N) is 3. The number of anilines is 1. The van der Waals surface area contributed by atoms with E-state index in [2.05, 4.69) is 93.4 Å². The molecule has 0 aliphatic heterocycles. The van der Waals surface area contributed by atoms with E-state index in [-0.39, 0.29) is 0 Å². The maximum Gasteiger partial charge on any atom is 0.180 e. The lowest BCUT2D eigenvalue weighted by Crippen LogP contribution is -2.21. The molecule has 0 bridgehead atoms. The van der Waals surface area contributed by atoms with Gasteiger partial charge in [-0.1, -0.05) is 36.4 Å². The molecule has 1 atom stereocenters. The van der Waals surface area contributed by atoms with Gasteiger partial charge in [-0.15, -0.1) is 0 Å². The number of aromatic amines is 2. The van der Waals surface area contributed by atoms with E-state index in [1.54, 1.807) is 0 Å². The third-order valence-corrected chi connectivity index (χ3v) is 5.95. The SMILES string of the molecule is Cc1nc2nc(N)cc(-c3cc4cc(CN(C)[C@H](C)c5ccccc5)ccc4[nH]3)c2[nH]1. The third-order valence-electron chi connectivity index (χ3n) is 5.95. The average Bonchev–Trinajstić information content (AvgIpc) is 3.35. The van der Waals surface area contributed by atoms with Crippen molar-refractivity contribution in [3.63, 3.8) is 0 Å². The Hall–Kier alpha value is -3.64. The second-order valence-corrected chi connectivity index (χ2v) is 8.22. The molecule has 0 unspecified atom stereocenters. The summed E-state index contributed by atoms with van der Waals surface area (Å²) in [6.45, 7) is 5.04. The predicted octanol–water partition coefficient (Wildman–Crippen LogP) is 5.19. The fourth-order valence-corrected chi connectivity index (χ4v) is 4.17. The van der Waals surface area contributed by atoms with E-state index in [0.717, 1.165) is 34.7 Å². The second-order valence-electron chi connectivity index (χ2n) is 8.22. The number of H-pyrrole nitrogens is 2. The number of hydrogen-bond donors (Lipinski definition) is 3. The number of pyridine rings is 1. The second kappa shape index (κ2) is 7.56. The zero-order chi connectivity index (χ0) is 21.5. The number of rotatable bonds is 5. The van der Waals surface area contributed by atoms with Crippen molar-refractivity contribution >= 4 is 27.9 Å². The maximum atomic E-state index is 6.04. The fraction of sp³-hybridized carbons (Fsp3) is 0.200. The van der Waals surface area contributed by atoms with Crippen LogP contribution in [0.25, 0.3) is 33.3 Å². The van der Waals surface area contributed by atoms with E-state index in [0.29, 0.717) is 17.5 Å². The summed E-state index contributed by atoms with van der Waals surface area (Å²) in [6, 6.07) is 21.6. The molecule has 0 saturated heterocycles. The first kappa shape index (κ1) is 19.3. The van der Waals surface area contributed by atoms with Gasteiger partial charge in [0.25, 0.3) is 0 Å². The largest absolute Gasteiger partial charge is 0.384 e. The number of imidazole rings is 1. The van der Waals surface area contributed by atoms with Crippen LogP contribution < -0.4 is 5.73 Å². The Kier molecular flexibility index (Phi) is 4.71. The molecule has 0 saturated carbocycles. The number of nitrogen functional groups attached to an aromatic ring is 1. The molecule has 3 heterocycles. The summed E-state index contributed by atoms with van der Waals surface area (Å²) in [5.41, 5.74) is 13.3. The van der Waals surface area contributed by atoms with E-state index in [9.17, 15) is 0 Å². The Balaban J connectivity index is 1.46. The summed E-state index contributed by atoms with van der Waals surface area (Å²) in [7, 11) is 2.17. The summed E-state index contributed by atoms with van der Waals surface area (Å²) < 4.78 is 0. The molecule has 3 aromatic heterocycles. The van der Waals surface area contributed by atoms with Crippen LogP contribution in [0.2, 0.25) is 0 Å². The van der Waals surface area contributed by atoms with E-state index in [1.165, 1.54) is 16.5 Å². The van der Waals surface area contributed by atoms with Crippen LogP contribution in [-0.2, 0) is 6.54 Å². The van der Waals surface area contributed by atoms with Gasteiger partial charge in [-0.25, -0.2) is 9.97 Å². The lowest BCUT2D eigenvalue weighted by molar-refractivity contribution is 0.253. The zero-order valence-electron chi connectivity index (χ0n) is 18.0. The molecule has 0 fully saturated rings. The van der Waals surface area contributed by atoms with Crippen molar-refractivity contribution in [2.75, 3.05) is 12.8 Å². The topological polar surface area (TPSA) is 86.6 Å². The van der Waals surface area contributed by atoms with Crippen LogP contribution >= 0.6 is 0 Å². The number of hydrogen-bond acceptors (Lipinski definition) is 4. The third kappa shape index (κ3) is 3.66. The number of aromatic nitrogens is 4. The van der Waals surface area contributed by atoms with Crippen LogP contribution in [0.4, 0.5) is 5.82 Å². The predicted molar refractivity (Wildman–Crippen MR) is 127 cm³/mol. The van der Waals surface area contributed by atoms with Crippen molar-refractivity contribution in [1.29, 1.82) is 0 Å². The van der Waals surface area contributed by atoms with Crippen molar-refractivity contribution in [1.82, 2.24) is 24.8 Å². The Bertz CT molecular complexity index is 1370. The molecule has 0 spiro atoms. The van der Waals surface area contributed by atoms with Gasteiger partial charge >= 0.3 is 0 Å². The van der Waals surface area contributed by atoms with Crippen molar-refractivity contribution in [3.8, 4) is 11.3 Å². The van der Waals surface area contributed by atoms with Crippen LogP contribution in [0.15, 0.2) is 60.7 Å². The van der Waals surface area contributed by atoms with Crippen molar-refractivity contribution in [3.05, 3.63) is 77.6 Å². The minimum Gasteiger partial charge on any atom is -0.384 e. The van der Waals surface area contributed by atoms with Crippen LogP contribution in [0.3, 0.4) is 0 Å². The van der Waals surface area contributed by atoms with Gasteiger partial charge in [0.05, 0.1) is 5.52 Å². The number of nitrogens with two attached hydrogens (primary N) is 1. The molecular weight excluding hydrogens is 384 g/mol. The quantitative estimate of drug-likeness (QED) is 0.372. The minimum atomic E-state index is 0.343. The minimum absolute atomic E-state index is 0.343. The van der Waals surface area contributed by atoms with E-state index < -0.39 is 0 Å². The van der Waals surface area contributed by atoms with E-state index >= 15 is 0 Å². The summed E-state index contributed by atoms with van der Waals surface area (Å²) in [4.78, 5) is 18.0. The summed E-state index contributed by atoms with van der Waals surface area (Å²) >= 11 is 0. The molecule has 4 N–H and O–H groups in total. The van der Waals surface area contributed by atoms with Gasteiger partial charge in [-0.2, -0.15) is 0 Å². The Labute approximate surface area is 181 Å². The monoisotopic (exact) mass is 410 g/mol. The first-order chi connectivity index (χ1) is 15.0. The molecule has 0 aliphatic carbocycles. The Morgan fingerprint density at radius 3 is 2.61 bits per heavy atom. The smallest absolute Gasteiger partial charge is 0.180 e. The van der Waals surface area contributed by atoms with Crippen molar-refractivity contribution in [2.45, 2.75) is 26.4 Å². The molecule has 6 nitrogen and oxygen atoms in total. The normalized spacial score (nSPS) is 12.8. The van der Waals surface area contributed by atoms with Gasteiger partial charge in [0.15, 0.2) is 5.65 Å². The standard InChI is InChI=1S/C25H26N6/c1-15(18-7-5-4-6-8-18)31(3)14-17-9-10-21-19(11-17)12-22(29-21)20-13-23(26)30-25-24(20)27-16(2)28-25/h4-13,15,29H,14H2,1-3H3,(H3,26,27,28,30)/t15-/m1/s1. The van der Waals surface area contributed by atoms with Gasteiger partial charge in [0.1, 0.15) is 11.6 Å². The molecule has 0 amide bonds. The lowest BCUT2D eigenvalue weighted by atomic mass is 10.1. The molecule has 0 aliphatic rings. The van der Waals surface area contributed by atoms with Crippen LogP contribution in [0.5, 0.6) is 0 Å². The molecule has 5 rings (SSSR count). The van der Waals surface area contributed by atoms with Crippen molar-refractivity contribution < 1.29 is 0 Å². The highest BCUT2D eigenvalue weighted by atomic mass is 15.1. The molecule has 31 heavy (non-hydrogen) atoms.